The van der Waals surface area contributed by atoms with E-state index < -0.39 is 30.5 Å². The number of nitrogens with one attached hydrogen (secondary N) is 1. The molecular weight excluding hydrogens is 277 g/mol. The second kappa shape index (κ2) is 7.37. The third kappa shape index (κ3) is 3.92. The van der Waals surface area contributed by atoms with E-state index in [0.29, 0.717) is 5.69 Å². The van der Waals surface area contributed by atoms with Gasteiger partial charge in [0, 0.05) is 5.69 Å². The fraction of sp³-hybridized carbons (Fsp3) is 0.417. The minimum absolute atomic E-state index is 0. The zero-order chi connectivity index (χ0) is 14.0. The van der Waals surface area contributed by atoms with E-state index in [9.17, 15) is 20.1 Å². The molecule has 1 aliphatic rings. The number of anilines is 1. The van der Waals surface area contributed by atoms with Gasteiger partial charge in [-0.1, -0.05) is 0 Å². The number of carbonyl (C=O) groups is 1. The molecule has 1 aromatic rings. The predicted molar refractivity (Wildman–Crippen MR) is 65.9 cm³/mol. The monoisotopic (exact) mass is 293 g/mol. The number of rotatable bonds is 3. The quantitative estimate of drug-likeness (QED) is 0.365. The summed E-state index contributed by atoms with van der Waals surface area (Å²) in [7, 11) is 0. The van der Waals surface area contributed by atoms with Gasteiger partial charge < -0.3 is 31.9 Å². The van der Waals surface area contributed by atoms with Crippen molar-refractivity contribution in [1.29, 1.82) is 0 Å². The first kappa shape index (κ1) is 17.4. The van der Waals surface area contributed by atoms with Gasteiger partial charge >= 0.3 is 35.5 Å². The summed E-state index contributed by atoms with van der Waals surface area (Å²) in [6, 6.07) is 5.87. The molecule has 0 aromatic heterocycles. The van der Waals surface area contributed by atoms with Gasteiger partial charge in [-0.2, -0.15) is 0 Å². The van der Waals surface area contributed by atoms with Crippen LogP contribution in [-0.4, -0.2) is 57.5 Å². The second-order valence-electron chi connectivity index (χ2n) is 4.33. The summed E-state index contributed by atoms with van der Waals surface area (Å²) in [4.78, 5) is 10.7. The first-order valence-corrected chi connectivity index (χ1v) is 5.74. The molecule has 0 aliphatic carbocycles. The number of hydrogen-bond donors (Lipinski definition) is 5. The van der Waals surface area contributed by atoms with E-state index in [1.807, 2.05) is 0 Å². The summed E-state index contributed by atoms with van der Waals surface area (Å²) < 4.78 is 5.17. The van der Waals surface area contributed by atoms with Gasteiger partial charge in [0.15, 0.2) is 6.23 Å². The van der Waals surface area contributed by atoms with Gasteiger partial charge in [0.2, 0.25) is 0 Å². The van der Waals surface area contributed by atoms with Crippen molar-refractivity contribution in [3.05, 3.63) is 29.8 Å². The van der Waals surface area contributed by atoms with Crippen LogP contribution in [0.5, 0.6) is 0 Å². The Morgan fingerprint density at radius 1 is 1.20 bits per heavy atom. The number of carboxylic acid groups (broad SMARTS) is 1. The number of aliphatic hydroxyl groups excluding tert-OH is 3. The Labute approximate surface area is 139 Å². The van der Waals surface area contributed by atoms with Crippen molar-refractivity contribution in [2.24, 2.45) is 0 Å². The number of ether oxygens (including phenoxy) is 1. The summed E-state index contributed by atoms with van der Waals surface area (Å²) in [6.07, 6.45) is -4.55. The number of benzene rings is 1. The van der Waals surface area contributed by atoms with E-state index in [1.54, 1.807) is 0 Å². The summed E-state index contributed by atoms with van der Waals surface area (Å²) in [5.74, 6) is -1.03. The van der Waals surface area contributed by atoms with Crippen LogP contribution in [0, 0.1) is 0 Å². The first-order valence-electron chi connectivity index (χ1n) is 5.74. The average molecular weight is 293 g/mol. The van der Waals surface area contributed by atoms with Crippen LogP contribution in [0.3, 0.4) is 0 Å². The summed E-state index contributed by atoms with van der Waals surface area (Å²) in [5.41, 5.74) is 0.684. The van der Waals surface area contributed by atoms with Gasteiger partial charge in [-0.15, -0.1) is 0 Å². The Bertz CT molecular complexity index is 460. The normalized spacial score (nSPS) is 29.4. The Hall–Kier alpha value is -0.670. The van der Waals surface area contributed by atoms with Crippen LogP contribution in [0.15, 0.2) is 24.3 Å². The largest absolute Gasteiger partial charge is 1.00 e. The van der Waals surface area contributed by atoms with Gasteiger partial charge in [-0.25, -0.2) is 4.79 Å². The van der Waals surface area contributed by atoms with E-state index in [4.69, 9.17) is 9.84 Å². The van der Waals surface area contributed by atoms with Crippen molar-refractivity contribution in [2.75, 3.05) is 11.9 Å². The smallest absolute Gasteiger partial charge is 1.00 e. The maximum absolute atomic E-state index is 10.7. The third-order valence-electron chi connectivity index (χ3n) is 2.94. The predicted octanol–water partition coefficient (Wildman–Crippen LogP) is -3.65. The van der Waals surface area contributed by atoms with Crippen molar-refractivity contribution in [2.45, 2.75) is 24.5 Å². The molecule has 0 spiro atoms. The minimum Gasteiger partial charge on any atom is -1.00 e. The fourth-order valence-corrected chi connectivity index (χ4v) is 1.81. The molecule has 0 bridgehead atoms. The molecule has 0 unspecified atom stereocenters. The fourth-order valence-electron chi connectivity index (χ4n) is 1.81. The average Bonchev–Trinajstić information content (AvgIpc) is 2.40. The van der Waals surface area contributed by atoms with E-state index in [1.165, 1.54) is 24.3 Å². The van der Waals surface area contributed by atoms with E-state index in [-0.39, 0.29) is 43.2 Å². The van der Waals surface area contributed by atoms with Crippen LogP contribution in [-0.2, 0) is 4.74 Å². The van der Waals surface area contributed by atoms with Gasteiger partial charge in [-0.3, -0.25) is 0 Å². The van der Waals surface area contributed by atoms with E-state index in [2.05, 4.69) is 5.32 Å². The molecule has 1 aromatic carbocycles. The number of aliphatic hydroxyl groups is 3. The SMILES string of the molecule is O=C(O)c1ccc(N[C@@H]2OC[C@@H](O)[C@H](O)[C@H]2O)cc1.[H-].[Na+]. The molecule has 2 rings (SSSR count). The van der Waals surface area contributed by atoms with Crippen molar-refractivity contribution in [3.8, 4) is 0 Å². The molecule has 0 radical (unpaired) electrons. The van der Waals surface area contributed by atoms with Crippen LogP contribution in [0.2, 0.25) is 0 Å². The van der Waals surface area contributed by atoms with Crippen LogP contribution in [0.4, 0.5) is 5.69 Å². The van der Waals surface area contributed by atoms with Crippen molar-refractivity contribution in [3.63, 3.8) is 0 Å². The van der Waals surface area contributed by atoms with Gasteiger partial charge in [0.05, 0.1) is 12.2 Å². The molecule has 1 aliphatic heterocycles. The molecule has 0 saturated carbocycles. The standard InChI is InChI=1S/C12H15NO6.Na.H/c14-8-5-19-11(10(16)9(8)15)13-7-3-1-6(2-4-7)12(17)18;;/h1-4,8-11,13-16H,5H2,(H,17,18);;/q;+1;-1/t8-,9+,10-,11-;;/m1../s1. The van der Waals surface area contributed by atoms with Crippen LogP contribution in [0.1, 0.15) is 11.8 Å². The molecule has 1 heterocycles. The molecule has 0 amide bonds. The Kier molecular flexibility index (Phi) is 6.41. The van der Waals surface area contributed by atoms with Gasteiger partial charge in [0.25, 0.3) is 0 Å². The van der Waals surface area contributed by atoms with E-state index in [0.717, 1.165) is 0 Å². The number of carboxylic acids is 1. The Balaban J connectivity index is 0.00000200. The molecule has 1 saturated heterocycles. The molecule has 7 nitrogen and oxygen atoms in total. The first-order chi connectivity index (χ1) is 8.99. The van der Waals surface area contributed by atoms with Crippen LogP contribution >= 0.6 is 0 Å². The number of hydrogen-bond acceptors (Lipinski definition) is 6. The molecule has 4 atom stereocenters. The van der Waals surface area contributed by atoms with Gasteiger partial charge in [-0.05, 0) is 24.3 Å². The minimum atomic E-state index is -1.29. The van der Waals surface area contributed by atoms with Crippen LogP contribution < -0.4 is 34.9 Å². The molecule has 5 N–H and O–H groups in total. The maximum Gasteiger partial charge on any atom is 1.00 e. The zero-order valence-corrected chi connectivity index (χ0v) is 12.9. The third-order valence-corrected chi connectivity index (χ3v) is 2.94. The van der Waals surface area contributed by atoms with Crippen LogP contribution in [0.25, 0.3) is 0 Å². The molecule has 106 valence electrons. The van der Waals surface area contributed by atoms with Crippen molar-refractivity contribution >= 4 is 11.7 Å². The Morgan fingerprint density at radius 2 is 1.80 bits per heavy atom. The topological polar surface area (TPSA) is 119 Å². The Morgan fingerprint density at radius 3 is 2.35 bits per heavy atom. The zero-order valence-electron chi connectivity index (χ0n) is 11.9. The molecule has 20 heavy (non-hydrogen) atoms. The van der Waals surface area contributed by atoms with Crippen molar-refractivity contribution in [1.82, 2.24) is 0 Å². The molecule has 8 heteroatoms. The molecule has 1 fully saturated rings. The summed E-state index contributed by atoms with van der Waals surface area (Å²) in [5, 5.41) is 40.1. The second-order valence-corrected chi connectivity index (χ2v) is 4.33. The molecular formula is C12H16NNaO6. The summed E-state index contributed by atoms with van der Waals surface area (Å²) >= 11 is 0. The van der Waals surface area contributed by atoms with Gasteiger partial charge in [0.1, 0.15) is 18.3 Å². The van der Waals surface area contributed by atoms with Crippen molar-refractivity contribution < 1.29 is 60.9 Å². The van der Waals surface area contributed by atoms with E-state index >= 15 is 0 Å². The summed E-state index contributed by atoms with van der Waals surface area (Å²) in [6.45, 7) is -0.0941. The number of aromatic carboxylic acids is 1. The maximum atomic E-state index is 10.7.